The van der Waals surface area contributed by atoms with Crippen LogP contribution in [0.4, 0.5) is 5.13 Å². The fraction of sp³-hybridized carbons (Fsp3) is 0.308. The SMILES string of the molecule is NC(=O)[C@@H]1[C@@H](NC(=O)C(=NOCC(=O)O)c2csc(N)n2)C(=O)N1OCC(=O)O. The number of hydroxylamine groups is 2. The summed E-state index contributed by atoms with van der Waals surface area (Å²) >= 11 is 0.953. The number of carboxylic acids is 2. The first-order chi connectivity index (χ1) is 13.6. The third kappa shape index (κ3) is 5.14. The Kier molecular flexibility index (Phi) is 6.63. The summed E-state index contributed by atoms with van der Waals surface area (Å²) in [5.74, 6) is -5.82. The Morgan fingerprint density at radius 3 is 2.45 bits per heavy atom. The Morgan fingerprint density at radius 1 is 1.28 bits per heavy atom. The Labute approximate surface area is 164 Å². The van der Waals surface area contributed by atoms with Gasteiger partial charge < -0.3 is 31.8 Å². The van der Waals surface area contributed by atoms with Gasteiger partial charge in [-0.05, 0) is 0 Å². The average Bonchev–Trinajstić information content (AvgIpc) is 3.05. The molecule has 0 aromatic carbocycles. The molecule has 29 heavy (non-hydrogen) atoms. The van der Waals surface area contributed by atoms with Crippen LogP contribution in [0.25, 0.3) is 0 Å². The lowest BCUT2D eigenvalue weighted by molar-refractivity contribution is -0.234. The molecule has 2 heterocycles. The third-order valence-corrected chi connectivity index (χ3v) is 3.95. The van der Waals surface area contributed by atoms with Crippen LogP contribution in [0.1, 0.15) is 5.69 Å². The molecule has 15 nitrogen and oxygen atoms in total. The molecule has 1 fully saturated rings. The Bertz CT molecular complexity index is 884. The Morgan fingerprint density at radius 2 is 1.93 bits per heavy atom. The van der Waals surface area contributed by atoms with Crippen LogP contribution in [-0.2, 0) is 33.6 Å². The minimum absolute atomic E-state index is 0.0710. The first-order valence-electron chi connectivity index (χ1n) is 7.53. The molecule has 1 aromatic heterocycles. The van der Waals surface area contributed by atoms with Crippen LogP contribution in [0.3, 0.4) is 0 Å². The molecule has 1 aromatic rings. The second kappa shape index (κ2) is 8.93. The molecule has 7 N–H and O–H groups in total. The number of β-lactam (4-membered cyclic amide) rings is 1. The molecule has 0 aliphatic carbocycles. The highest BCUT2D eigenvalue weighted by Gasteiger charge is 2.53. The summed E-state index contributed by atoms with van der Waals surface area (Å²) in [7, 11) is 0. The molecular formula is C13H14N6O9S. The predicted octanol–water partition coefficient (Wildman–Crippen LogP) is -3.27. The van der Waals surface area contributed by atoms with E-state index in [0.29, 0.717) is 5.06 Å². The number of nitrogens with two attached hydrogens (primary N) is 2. The number of carbonyl (C=O) groups excluding carboxylic acids is 3. The molecule has 0 spiro atoms. The monoisotopic (exact) mass is 430 g/mol. The fourth-order valence-corrected chi connectivity index (χ4v) is 2.66. The molecule has 0 unspecified atom stereocenters. The van der Waals surface area contributed by atoms with E-state index in [9.17, 15) is 24.0 Å². The summed E-state index contributed by atoms with van der Waals surface area (Å²) in [5, 5.41) is 24.6. The van der Waals surface area contributed by atoms with Gasteiger partial charge >= 0.3 is 11.9 Å². The predicted molar refractivity (Wildman–Crippen MR) is 92.0 cm³/mol. The topological polar surface area (TPSA) is 237 Å². The summed E-state index contributed by atoms with van der Waals surface area (Å²) in [6, 6.07) is -2.96. The van der Waals surface area contributed by atoms with Gasteiger partial charge in [-0.25, -0.2) is 19.6 Å². The number of primary amides is 1. The van der Waals surface area contributed by atoms with Crippen molar-refractivity contribution in [3.63, 3.8) is 0 Å². The minimum atomic E-state index is -1.48. The lowest BCUT2D eigenvalue weighted by Crippen LogP contribution is -2.74. The summed E-state index contributed by atoms with van der Waals surface area (Å²) in [4.78, 5) is 70.3. The van der Waals surface area contributed by atoms with E-state index in [1.54, 1.807) is 0 Å². The van der Waals surface area contributed by atoms with Gasteiger partial charge in [-0.1, -0.05) is 5.16 Å². The van der Waals surface area contributed by atoms with Gasteiger partial charge in [0.2, 0.25) is 12.5 Å². The molecule has 0 bridgehead atoms. The van der Waals surface area contributed by atoms with Crippen molar-refractivity contribution in [1.82, 2.24) is 15.4 Å². The number of carbonyl (C=O) groups is 5. The molecule has 1 aliphatic heterocycles. The molecule has 2 rings (SSSR count). The highest BCUT2D eigenvalue weighted by molar-refractivity contribution is 7.13. The van der Waals surface area contributed by atoms with E-state index in [2.05, 4.69) is 25.1 Å². The van der Waals surface area contributed by atoms with E-state index in [0.717, 1.165) is 11.3 Å². The van der Waals surface area contributed by atoms with Gasteiger partial charge in [0.1, 0.15) is 11.7 Å². The van der Waals surface area contributed by atoms with Crippen molar-refractivity contribution in [1.29, 1.82) is 0 Å². The number of nitrogens with one attached hydrogen (secondary N) is 1. The van der Waals surface area contributed by atoms with Gasteiger partial charge in [0, 0.05) is 5.38 Å². The Hall–Kier alpha value is -3.79. The molecule has 1 saturated heterocycles. The number of rotatable bonds is 10. The van der Waals surface area contributed by atoms with Crippen LogP contribution < -0.4 is 16.8 Å². The zero-order chi connectivity index (χ0) is 21.7. The first kappa shape index (κ1) is 21.5. The maximum Gasteiger partial charge on any atom is 0.344 e. The lowest BCUT2D eigenvalue weighted by Gasteiger charge is -2.43. The maximum atomic E-state index is 12.5. The van der Waals surface area contributed by atoms with E-state index in [1.165, 1.54) is 5.38 Å². The highest BCUT2D eigenvalue weighted by Crippen LogP contribution is 2.21. The van der Waals surface area contributed by atoms with Crippen molar-refractivity contribution in [2.75, 3.05) is 18.9 Å². The van der Waals surface area contributed by atoms with Gasteiger partial charge in [0.05, 0.1) is 0 Å². The molecule has 0 radical (unpaired) electrons. The van der Waals surface area contributed by atoms with Gasteiger partial charge in [-0.15, -0.1) is 11.3 Å². The standard InChI is InChI=1S/C13H14N6O9S/c14-10(24)9-8(12(26)19(9)28-2-6(22)23)17-11(25)7(18-27-1-5(20)21)4-3-29-13(15)16-4/h3,8-9H,1-2H2,(H2,14,24)(H2,15,16)(H,17,25)(H,20,21)(H,22,23)/t8-,9+/m1/s1. The van der Waals surface area contributed by atoms with Gasteiger partial charge in [0.15, 0.2) is 23.5 Å². The zero-order valence-corrected chi connectivity index (χ0v) is 15.1. The maximum absolute atomic E-state index is 12.5. The lowest BCUT2D eigenvalue weighted by atomic mass is 9.97. The number of carboxylic acid groups (broad SMARTS) is 2. The van der Waals surface area contributed by atoms with Crippen molar-refractivity contribution in [3.05, 3.63) is 11.1 Å². The molecule has 16 heteroatoms. The number of nitrogens with zero attached hydrogens (tertiary/aromatic N) is 3. The second-order valence-corrected chi connectivity index (χ2v) is 6.20. The summed E-state index contributed by atoms with van der Waals surface area (Å²) in [6.07, 6.45) is 0. The Balaban J connectivity index is 2.17. The van der Waals surface area contributed by atoms with Crippen LogP contribution in [0.2, 0.25) is 0 Å². The van der Waals surface area contributed by atoms with Crippen molar-refractivity contribution >= 4 is 51.8 Å². The number of nitrogen functional groups attached to an aromatic ring is 1. The van der Waals surface area contributed by atoms with Crippen molar-refractivity contribution in [3.8, 4) is 0 Å². The molecular weight excluding hydrogens is 416 g/mol. The smallest absolute Gasteiger partial charge is 0.344 e. The molecule has 3 amide bonds. The fourth-order valence-electron chi connectivity index (χ4n) is 2.11. The number of amides is 3. The number of hydrogen-bond donors (Lipinski definition) is 5. The molecule has 2 atom stereocenters. The van der Waals surface area contributed by atoms with Crippen LogP contribution >= 0.6 is 11.3 Å². The van der Waals surface area contributed by atoms with Crippen molar-refractivity contribution in [2.45, 2.75) is 12.1 Å². The molecule has 1 aliphatic rings. The average molecular weight is 430 g/mol. The zero-order valence-electron chi connectivity index (χ0n) is 14.3. The summed E-state index contributed by atoms with van der Waals surface area (Å²) in [6.45, 7) is -1.77. The quantitative estimate of drug-likeness (QED) is 0.140. The number of anilines is 1. The first-order valence-corrected chi connectivity index (χ1v) is 8.40. The van der Waals surface area contributed by atoms with Crippen LogP contribution in [-0.4, -0.2) is 80.9 Å². The molecule has 0 saturated carbocycles. The van der Waals surface area contributed by atoms with E-state index >= 15 is 0 Å². The van der Waals surface area contributed by atoms with Crippen LogP contribution in [0.5, 0.6) is 0 Å². The molecule has 156 valence electrons. The number of hydrogen-bond acceptors (Lipinski definition) is 11. The minimum Gasteiger partial charge on any atom is -0.479 e. The number of aromatic nitrogens is 1. The summed E-state index contributed by atoms with van der Waals surface area (Å²) in [5.41, 5.74) is 10.1. The number of aliphatic carboxylic acids is 2. The van der Waals surface area contributed by atoms with Gasteiger partial charge in [0.25, 0.3) is 11.8 Å². The van der Waals surface area contributed by atoms with E-state index in [1.807, 2.05) is 0 Å². The van der Waals surface area contributed by atoms with Gasteiger partial charge in [-0.2, -0.15) is 0 Å². The largest absolute Gasteiger partial charge is 0.479 e. The van der Waals surface area contributed by atoms with E-state index in [4.69, 9.17) is 21.7 Å². The van der Waals surface area contributed by atoms with E-state index in [-0.39, 0.29) is 10.8 Å². The van der Waals surface area contributed by atoms with Gasteiger partial charge in [-0.3, -0.25) is 19.2 Å². The normalized spacial score (nSPS) is 18.7. The van der Waals surface area contributed by atoms with Crippen molar-refractivity contribution < 1.29 is 43.9 Å². The highest BCUT2D eigenvalue weighted by atomic mass is 32.1. The van der Waals surface area contributed by atoms with E-state index < -0.39 is 60.7 Å². The van der Waals surface area contributed by atoms with Crippen LogP contribution in [0, 0.1) is 0 Å². The third-order valence-electron chi connectivity index (χ3n) is 3.28. The van der Waals surface area contributed by atoms with Crippen molar-refractivity contribution in [2.24, 2.45) is 10.9 Å². The summed E-state index contributed by atoms with van der Waals surface area (Å²) < 4.78 is 0. The van der Waals surface area contributed by atoms with Crippen LogP contribution in [0.15, 0.2) is 10.5 Å². The number of thiazole rings is 1. The second-order valence-electron chi connectivity index (χ2n) is 5.31. The number of oxime groups is 1.